The van der Waals surface area contributed by atoms with Crippen LogP contribution in [0.1, 0.15) is 127 Å². The summed E-state index contributed by atoms with van der Waals surface area (Å²) in [5.41, 5.74) is 2.52. The minimum Gasteiger partial charge on any atom is -0.490 e. The molecule has 0 radical (unpaired) electrons. The first-order valence-electron chi connectivity index (χ1n) is 15.5. The van der Waals surface area contributed by atoms with Gasteiger partial charge in [-0.15, -0.1) is 0 Å². The van der Waals surface area contributed by atoms with Crippen LogP contribution in [0.5, 0.6) is 5.75 Å². The van der Waals surface area contributed by atoms with Gasteiger partial charge in [-0.2, -0.15) is 0 Å². The Bertz CT molecular complexity index is 779. The molecule has 3 fully saturated rings. The average Bonchev–Trinajstić information content (AvgIpc) is 3.74. The van der Waals surface area contributed by atoms with Gasteiger partial charge in [0.25, 0.3) is 0 Å². The zero-order valence-electron chi connectivity index (χ0n) is 23.3. The van der Waals surface area contributed by atoms with Crippen LogP contribution in [0.15, 0.2) is 18.2 Å². The van der Waals surface area contributed by atoms with Crippen molar-refractivity contribution in [3.63, 3.8) is 0 Å². The molecule has 36 heavy (non-hydrogen) atoms. The maximum absolute atomic E-state index is 11.9. The summed E-state index contributed by atoms with van der Waals surface area (Å²) in [6.45, 7) is 1.94. The van der Waals surface area contributed by atoms with E-state index in [4.69, 9.17) is 9.47 Å². The third-order valence-electron chi connectivity index (χ3n) is 9.24. The summed E-state index contributed by atoms with van der Waals surface area (Å²) < 4.78 is 11.7. The van der Waals surface area contributed by atoms with Crippen LogP contribution >= 0.6 is 0 Å². The minimum atomic E-state index is -0.139. The zero-order valence-corrected chi connectivity index (χ0v) is 23.3. The van der Waals surface area contributed by atoms with Gasteiger partial charge in [-0.1, -0.05) is 103 Å². The van der Waals surface area contributed by atoms with Crippen LogP contribution < -0.4 is 4.74 Å². The molecule has 2 atom stereocenters. The number of fused-ring (bicyclic) bond motifs is 1. The Morgan fingerprint density at radius 2 is 1.39 bits per heavy atom. The molecule has 0 N–H and O–H groups in total. The van der Waals surface area contributed by atoms with E-state index < -0.39 is 0 Å². The van der Waals surface area contributed by atoms with E-state index in [1.165, 1.54) is 127 Å². The van der Waals surface area contributed by atoms with Crippen LogP contribution in [0.2, 0.25) is 0 Å². The number of carbonyl (C=O) groups is 1. The molecule has 0 amide bonds. The van der Waals surface area contributed by atoms with Gasteiger partial charge in [0, 0.05) is 0 Å². The van der Waals surface area contributed by atoms with Crippen LogP contribution in [0.25, 0.3) is 0 Å². The second-order valence-corrected chi connectivity index (χ2v) is 12.3. The third kappa shape index (κ3) is 8.52. The standard InChI is InChI=1S/C30H46O3.C3H6/c1-22(30(31)32-2)20-23-18-19-27-16-9-17-28(33-29(27)21-23)26-14-7-12-25(13-8-15-26)24-10-5-3-4-6-11-24;1-2-3-1/h18-19,21-22,24-26,28H,3-17,20H2,1-2H3;1-3H2. The fourth-order valence-electron chi connectivity index (χ4n) is 6.93. The molecule has 3 saturated carbocycles. The summed E-state index contributed by atoms with van der Waals surface area (Å²) in [7, 11) is 1.47. The lowest BCUT2D eigenvalue weighted by molar-refractivity contribution is -0.144. The van der Waals surface area contributed by atoms with Gasteiger partial charge in [0.1, 0.15) is 11.9 Å². The summed E-state index contributed by atoms with van der Waals surface area (Å²) in [4.78, 5) is 11.9. The summed E-state index contributed by atoms with van der Waals surface area (Å²) in [5, 5.41) is 0. The van der Waals surface area contributed by atoms with E-state index >= 15 is 0 Å². The van der Waals surface area contributed by atoms with E-state index in [1.807, 2.05) is 6.92 Å². The number of rotatable bonds is 5. The van der Waals surface area contributed by atoms with Gasteiger partial charge >= 0.3 is 5.97 Å². The first-order chi connectivity index (χ1) is 17.6. The molecule has 1 aromatic rings. The van der Waals surface area contributed by atoms with Gasteiger partial charge in [0.2, 0.25) is 0 Å². The molecule has 1 heterocycles. The number of esters is 1. The van der Waals surface area contributed by atoms with Crippen molar-refractivity contribution in [2.75, 3.05) is 7.11 Å². The van der Waals surface area contributed by atoms with Gasteiger partial charge in [-0.3, -0.25) is 4.79 Å². The molecule has 4 aliphatic rings. The van der Waals surface area contributed by atoms with E-state index in [2.05, 4.69) is 18.2 Å². The number of methoxy groups -OCH3 is 1. The molecule has 2 unspecified atom stereocenters. The number of aryl methyl sites for hydroxylation is 1. The highest BCUT2D eigenvalue weighted by molar-refractivity contribution is 5.72. The lowest BCUT2D eigenvalue weighted by Gasteiger charge is -2.33. The molecular formula is C33H52O3. The zero-order chi connectivity index (χ0) is 25.2. The Morgan fingerprint density at radius 1 is 0.806 bits per heavy atom. The lowest BCUT2D eigenvalue weighted by atomic mass is 9.75. The fraction of sp³-hybridized carbons (Fsp3) is 0.788. The second kappa shape index (κ2) is 14.4. The quantitative estimate of drug-likeness (QED) is 0.302. The normalized spacial score (nSPS) is 27.9. The lowest BCUT2D eigenvalue weighted by Crippen LogP contribution is -2.28. The maximum Gasteiger partial charge on any atom is 0.308 e. The Balaban J connectivity index is 0.000000943. The molecule has 1 aliphatic heterocycles. The van der Waals surface area contributed by atoms with Crippen molar-refractivity contribution in [1.82, 2.24) is 0 Å². The molecule has 3 aliphatic carbocycles. The number of ether oxygens (including phenoxy) is 2. The number of carbonyl (C=O) groups excluding carboxylic acids is 1. The van der Waals surface area contributed by atoms with E-state index in [0.717, 1.165) is 24.0 Å². The second-order valence-electron chi connectivity index (χ2n) is 12.3. The Hall–Kier alpha value is -1.51. The highest BCUT2D eigenvalue weighted by Gasteiger charge is 2.30. The van der Waals surface area contributed by atoms with E-state index in [1.54, 1.807) is 0 Å². The molecule has 1 aromatic carbocycles. The molecular weight excluding hydrogens is 444 g/mol. The Morgan fingerprint density at radius 3 is 2.00 bits per heavy atom. The highest BCUT2D eigenvalue weighted by atomic mass is 16.5. The van der Waals surface area contributed by atoms with Gasteiger partial charge < -0.3 is 9.47 Å². The smallest absolute Gasteiger partial charge is 0.308 e. The summed E-state index contributed by atoms with van der Waals surface area (Å²) >= 11 is 0. The molecule has 0 aromatic heterocycles. The Kier molecular flexibility index (Phi) is 11.0. The van der Waals surface area contributed by atoms with Gasteiger partial charge in [-0.05, 0) is 73.5 Å². The van der Waals surface area contributed by atoms with Crippen molar-refractivity contribution in [2.24, 2.45) is 23.7 Å². The monoisotopic (exact) mass is 496 g/mol. The van der Waals surface area contributed by atoms with Gasteiger partial charge in [0.05, 0.1) is 13.0 Å². The van der Waals surface area contributed by atoms with Crippen LogP contribution in [0.3, 0.4) is 0 Å². The molecule has 202 valence electrons. The largest absolute Gasteiger partial charge is 0.490 e. The molecule has 0 bridgehead atoms. The molecule has 0 spiro atoms. The summed E-state index contributed by atoms with van der Waals surface area (Å²) in [6.07, 6.45) is 26.3. The number of benzene rings is 1. The van der Waals surface area contributed by atoms with E-state index in [-0.39, 0.29) is 11.9 Å². The predicted octanol–water partition coefficient (Wildman–Crippen LogP) is 8.85. The SMILES string of the molecule is C1CC1.COC(=O)C(C)Cc1ccc2c(c1)OC(C1CCCC(C3CCCCCC3)CCC1)CCC2. The van der Waals surface area contributed by atoms with Crippen LogP contribution in [0, 0.1) is 23.7 Å². The maximum atomic E-state index is 11.9. The number of hydrogen-bond acceptors (Lipinski definition) is 3. The van der Waals surface area contributed by atoms with Crippen molar-refractivity contribution >= 4 is 5.97 Å². The molecule has 5 rings (SSSR count). The van der Waals surface area contributed by atoms with Gasteiger partial charge in [0.15, 0.2) is 0 Å². The van der Waals surface area contributed by atoms with E-state index in [9.17, 15) is 4.79 Å². The number of hydrogen-bond donors (Lipinski definition) is 0. The Labute approximate surface area is 221 Å². The van der Waals surface area contributed by atoms with Crippen molar-refractivity contribution in [2.45, 2.75) is 135 Å². The molecule has 3 nitrogen and oxygen atoms in total. The van der Waals surface area contributed by atoms with Crippen LogP contribution in [-0.2, 0) is 22.4 Å². The molecule has 0 saturated heterocycles. The highest BCUT2D eigenvalue weighted by Crippen LogP contribution is 2.40. The molecule has 3 heteroatoms. The first-order valence-corrected chi connectivity index (χ1v) is 15.5. The summed E-state index contributed by atoms with van der Waals surface area (Å²) in [6, 6.07) is 6.61. The fourth-order valence-corrected chi connectivity index (χ4v) is 6.93. The predicted molar refractivity (Wildman–Crippen MR) is 148 cm³/mol. The summed E-state index contributed by atoms with van der Waals surface area (Å²) in [5.74, 6) is 3.51. The van der Waals surface area contributed by atoms with E-state index in [0.29, 0.717) is 18.4 Å². The first kappa shape index (κ1) is 27.5. The van der Waals surface area contributed by atoms with Gasteiger partial charge in [-0.25, -0.2) is 0 Å². The van der Waals surface area contributed by atoms with Crippen molar-refractivity contribution in [3.05, 3.63) is 29.3 Å². The van der Waals surface area contributed by atoms with Crippen LogP contribution in [-0.4, -0.2) is 19.2 Å². The van der Waals surface area contributed by atoms with Crippen LogP contribution in [0.4, 0.5) is 0 Å². The minimum absolute atomic E-state index is 0.123. The van der Waals surface area contributed by atoms with Crippen molar-refractivity contribution in [1.29, 1.82) is 0 Å². The van der Waals surface area contributed by atoms with Crippen molar-refractivity contribution < 1.29 is 14.3 Å². The topological polar surface area (TPSA) is 35.5 Å². The van der Waals surface area contributed by atoms with Crippen molar-refractivity contribution in [3.8, 4) is 5.75 Å². The third-order valence-corrected chi connectivity index (χ3v) is 9.24. The average molecular weight is 497 g/mol.